The van der Waals surface area contributed by atoms with Crippen molar-refractivity contribution in [3.8, 4) is 5.75 Å². The van der Waals surface area contributed by atoms with Crippen LogP contribution in [0.1, 0.15) is 24.1 Å². The molecule has 0 aliphatic carbocycles. The molecule has 0 unspecified atom stereocenters. The van der Waals surface area contributed by atoms with Gasteiger partial charge in [-0.2, -0.15) is 0 Å². The second-order valence-electron chi connectivity index (χ2n) is 5.02. The highest BCUT2D eigenvalue weighted by molar-refractivity contribution is 9.10. The van der Waals surface area contributed by atoms with E-state index in [2.05, 4.69) is 20.7 Å². The maximum absolute atomic E-state index is 12.7. The molecule has 0 radical (unpaired) electrons. The summed E-state index contributed by atoms with van der Waals surface area (Å²) in [4.78, 5) is 0.147. The van der Waals surface area contributed by atoms with Crippen LogP contribution in [-0.2, 0) is 10.0 Å². The average molecular weight is 384 g/mol. The normalized spacial score (nSPS) is 12.9. The third-order valence-corrected chi connectivity index (χ3v) is 5.60. The van der Waals surface area contributed by atoms with Gasteiger partial charge in [0, 0.05) is 10.5 Å². The molecule has 0 aromatic heterocycles. The summed E-state index contributed by atoms with van der Waals surface area (Å²) in [5.74, 6) is 0.331. The number of aryl methyl sites for hydroxylation is 1. The first kappa shape index (κ1) is 17.0. The summed E-state index contributed by atoms with van der Waals surface area (Å²) in [6, 6.07) is 12.2. The summed E-state index contributed by atoms with van der Waals surface area (Å²) in [5.41, 5.74) is 1.73. The van der Waals surface area contributed by atoms with E-state index >= 15 is 0 Å². The fraction of sp³-hybridized carbons (Fsp3) is 0.250. The zero-order valence-electron chi connectivity index (χ0n) is 12.6. The van der Waals surface area contributed by atoms with E-state index in [-0.39, 0.29) is 10.9 Å². The van der Waals surface area contributed by atoms with Gasteiger partial charge in [0.05, 0.1) is 7.11 Å². The van der Waals surface area contributed by atoms with E-state index in [4.69, 9.17) is 4.74 Å². The van der Waals surface area contributed by atoms with Gasteiger partial charge in [-0.15, -0.1) is 0 Å². The molecule has 4 nitrogen and oxygen atoms in total. The molecular formula is C16H18BrNO3S. The topological polar surface area (TPSA) is 55.4 Å². The Morgan fingerprint density at radius 2 is 1.86 bits per heavy atom. The quantitative estimate of drug-likeness (QED) is 0.853. The van der Waals surface area contributed by atoms with E-state index in [1.165, 1.54) is 7.11 Å². The van der Waals surface area contributed by atoms with Gasteiger partial charge in [-0.05, 0) is 43.2 Å². The van der Waals surface area contributed by atoms with Crippen molar-refractivity contribution in [2.24, 2.45) is 0 Å². The number of halogens is 1. The summed E-state index contributed by atoms with van der Waals surface area (Å²) >= 11 is 3.44. The molecule has 2 rings (SSSR count). The number of benzene rings is 2. The van der Waals surface area contributed by atoms with Crippen molar-refractivity contribution < 1.29 is 13.2 Å². The standard InChI is InChI=1S/C16H18BrNO3S/c1-11-8-9-15(21-3)16(10-11)22(19,20)18-12(2)13-6-4-5-7-14(13)17/h4-10,12,18H,1-3H3/t12-/m0/s1. The molecule has 22 heavy (non-hydrogen) atoms. The number of methoxy groups -OCH3 is 1. The van der Waals surface area contributed by atoms with Gasteiger partial charge < -0.3 is 4.74 Å². The molecule has 6 heteroatoms. The van der Waals surface area contributed by atoms with E-state index in [1.54, 1.807) is 19.1 Å². The molecule has 0 saturated carbocycles. The molecule has 0 amide bonds. The summed E-state index contributed by atoms with van der Waals surface area (Å²) < 4.78 is 34.0. The van der Waals surface area contributed by atoms with Crippen LogP contribution in [0, 0.1) is 6.92 Å². The Morgan fingerprint density at radius 3 is 2.50 bits per heavy atom. The molecule has 0 saturated heterocycles. The molecule has 1 N–H and O–H groups in total. The Bertz CT molecular complexity index is 775. The van der Waals surface area contributed by atoms with Crippen molar-refractivity contribution in [1.82, 2.24) is 4.72 Å². The summed E-state index contributed by atoms with van der Waals surface area (Å²) in [5, 5.41) is 0. The lowest BCUT2D eigenvalue weighted by Gasteiger charge is -2.17. The molecular weight excluding hydrogens is 366 g/mol. The van der Waals surface area contributed by atoms with Gasteiger partial charge in [-0.1, -0.05) is 40.2 Å². The maximum Gasteiger partial charge on any atom is 0.244 e. The van der Waals surface area contributed by atoms with Crippen molar-refractivity contribution in [2.45, 2.75) is 24.8 Å². The maximum atomic E-state index is 12.7. The zero-order chi connectivity index (χ0) is 16.3. The minimum atomic E-state index is -3.69. The lowest BCUT2D eigenvalue weighted by atomic mass is 10.1. The van der Waals surface area contributed by atoms with Crippen molar-refractivity contribution in [2.75, 3.05) is 7.11 Å². The van der Waals surface area contributed by atoms with E-state index in [0.29, 0.717) is 5.75 Å². The zero-order valence-corrected chi connectivity index (χ0v) is 15.0. The molecule has 0 spiro atoms. The van der Waals surface area contributed by atoms with Crippen LogP contribution >= 0.6 is 15.9 Å². The highest BCUT2D eigenvalue weighted by Gasteiger charge is 2.23. The summed E-state index contributed by atoms with van der Waals surface area (Å²) in [7, 11) is -2.23. The van der Waals surface area contributed by atoms with E-state index in [1.807, 2.05) is 37.3 Å². The first-order valence-corrected chi connectivity index (χ1v) is 9.04. The molecule has 2 aromatic carbocycles. The Kier molecular flexibility index (Phi) is 5.26. The van der Waals surface area contributed by atoms with Crippen LogP contribution in [0.25, 0.3) is 0 Å². The van der Waals surface area contributed by atoms with Crippen LogP contribution in [0.15, 0.2) is 51.8 Å². The molecule has 118 valence electrons. The highest BCUT2D eigenvalue weighted by atomic mass is 79.9. The highest BCUT2D eigenvalue weighted by Crippen LogP contribution is 2.28. The minimum Gasteiger partial charge on any atom is -0.495 e. The van der Waals surface area contributed by atoms with E-state index < -0.39 is 10.0 Å². The number of nitrogens with one attached hydrogen (secondary N) is 1. The first-order valence-electron chi connectivity index (χ1n) is 6.76. The number of rotatable bonds is 5. The molecule has 2 aromatic rings. The van der Waals surface area contributed by atoms with Crippen LogP contribution in [0.5, 0.6) is 5.75 Å². The lowest BCUT2D eigenvalue weighted by molar-refractivity contribution is 0.402. The van der Waals surface area contributed by atoms with Crippen LogP contribution in [0.2, 0.25) is 0 Å². The number of hydrogen-bond acceptors (Lipinski definition) is 3. The largest absolute Gasteiger partial charge is 0.495 e. The van der Waals surface area contributed by atoms with Gasteiger partial charge in [0.2, 0.25) is 10.0 Å². The number of sulfonamides is 1. The Balaban J connectivity index is 2.36. The second kappa shape index (κ2) is 6.81. The third kappa shape index (κ3) is 3.69. The molecule has 0 aliphatic rings. The van der Waals surface area contributed by atoms with Crippen LogP contribution in [0.3, 0.4) is 0 Å². The molecule has 0 fully saturated rings. The molecule has 0 bridgehead atoms. The monoisotopic (exact) mass is 383 g/mol. The predicted molar refractivity (Wildman–Crippen MR) is 90.6 cm³/mol. The fourth-order valence-corrected chi connectivity index (χ4v) is 4.28. The van der Waals surface area contributed by atoms with Gasteiger partial charge in [0.1, 0.15) is 10.6 Å². The van der Waals surface area contributed by atoms with Crippen molar-refractivity contribution >= 4 is 26.0 Å². The van der Waals surface area contributed by atoms with Gasteiger partial charge in [0.15, 0.2) is 0 Å². The van der Waals surface area contributed by atoms with Crippen LogP contribution in [-0.4, -0.2) is 15.5 Å². The van der Waals surface area contributed by atoms with Gasteiger partial charge in [-0.25, -0.2) is 13.1 Å². The second-order valence-corrected chi connectivity index (χ2v) is 7.56. The average Bonchev–Trinajstić information content (AvgIpc) is 2.47. The van der Waals surface area contributed by atoms with Crippen LogP contribution in [0.4, 0.5) is 0 Å². The van der Waals surface area contributed by atoms with E-state index in [9.17, 15) is 8.42 Å². The third-order valence-electron chi connectivity index (χ3n) is 3.31. The van der Waals surface area contributed by atoms with E-state index in [0.717, 1.165) is 15.6 Å². The predicted octanol–water partition coefficient (Wildman–Crippen LogP) is 3.81. The lowest BCUT2D eigenvalue weighted by Crippen LogP contribution is -2.27. The molecule has 0 heterocycles. The SMILES string of the molecule is COc1ccc(C)cc1S(=O)(=O)N[C@@H](C)c1ccccc1Br. The Labute approximate surface area is 139 Å². The van der Waals surface area contributed by atoms with Crippen molar-refractivity contribution in [3.05, 3.63) is 58.1 Å². The van der Waals surface area contributed by atoms with Crippen molar-refractivity contribution in [1.29, 1.82) is 0 Å². The minimum absolute atomic E-state index is 0.147. The fourth-order valence-electron chi connectivity index (χ4n) is 2.18. The first-order chi connectivity index (χ1) is 10.3. The van der Waals surface area contributed by atoms with Gasteiger partial charge in [0.25, 0.3) is 0 Å². The summed E-state index contributed by atoms with van der Waals surface area (Å²) in [6.45, 7) is 3.65. The van der Waals surface area contributed by atoms with Crippen molar-refractivity contribution in [3.63, 3.8) is 0 Å². The molecule has 0 aliphatic heterocycles. The van der Waals surface area contributed by atoms with Gasteiger partial charge in [-0.3, -0.25) is 0 Å². The van der Waals surface area contributed by atoms with Gasteiger partial charge >= 0.3 is 0 Å². The number of hydrogen-bond donors (Lipinski definition) is 1. The van der Waals surface area contributed by atoms with Crippen LogP contribution < -0.4 is 9.46 Å². The smallest absolute Gasteiger partial charge is 0.244 e. The Hall–Kier alpha value is -1.37. The molecule has 1 atom stereocenters. The Morgan fingerprint density at radius 1 is 1.18 bits per heavy atom. The number of ether oxygens (including phenoxy) is 1. The summed E-state index contributed by atoms with van der Waals surface area (Å²) in [6.07, 6.45) is 0.